The van der Waals surface area contributed by atoms with E-state index in [2.05, 4.69) is 10.6 Å². The van der Waals surface area contributed by atoms with Gasteiger partial charge in [0.25, 0.3) is 11.6 Å². The average molecular weight is 249 g/mol. The van der Waals surface area contributed by atoms with Gasteiger partial charge in [-0.15, -0.1) is 0 Å². The van der Waals surface area contributed by atoms with Gasteiger partial charge in [-0.1, -0.05) is 6.07 Å². The third-order valence-corrected chi connectivity index (χ3v) is 3.01. The Hall–Kier alpha value is -1.95. The van der Waals surface area contributed by atoms with Crippen LogP contribution in [0.5, 0.6) is 0 Å². The Labute approximate surface area is 105 Å². The van der Waals surface area contributed by atoms with Crippen LogP contribution >= 0.6 is 0 Å². The summed E-state index contributed by atoms with van der Waals surface area (Å²) in [4.78, 5) is 22.3. The molecule has 1 aliphatic heterocycles. The van der Waals surface area contributed by atoms with Crippen molar-refractivity contribution in [3.8, 4) is 0 Å². The van der Waals surface area contributed by atoms with Crippen molar-refractivity contribution in [3.63, 3.8) is 0 Å². The average Bonchev–Trinajstić information content (AvgIpc) is 2.26. The van der Waals surface area contributed by atoms with Gasteiger partial charge in [0.05, 0.1) is 4.92 Å². The molecule has 1 amide bonds. The van der Waals surface area contributed by atoms with Crippen LogP contribution in [0.15, 0.2) is 18.2 Å². The van der Waals surface area contributed by atoms with Crippen molar-refractivity contribution in [2.24, 2.45) is 5.92 Å². The van der Waals surface area contributed by atoms with E-state index in [1.165, 1.54) is 6.07 Å². The van der Waals surface area contributed by atoms with Crippen LogP contribution in [-0.2, 0) is 0 Å². The van der Waals surface area contributed by atoms with Gasteiger partial charge in [0.1, 0.15) is 5.56 Å². The minimum absolute atomic E-state index is 0.132. The Balaban J connectivity index is 2.11. The molecule has 1 aromatic rings. The van der Waals surface area contributed by atoms with E-state index in [4.69, 9.17) is 0 Å². The predicted octanol–water partition coefficient (Wildman–Crippen LogP) is 0.852. The molecule has 0 aromatic heterocycles. The number of rotatable bonds is 4. The Morgan fingerprint density at radius 3 is 2.83 bits per heavy atom. The topological polar surface area (TPSA) is 84.3 Å². The monoisotopic (exact) mass is 249 g/mol. The Kier molecular flexibility index (Phi) is 3.57. The van der Waals surface area contributed by atoms with Gasteiger partial charge in [-0.2, -0.15) is 0 Å². The van der Waals surface area contributed by atoms with E-state index < -0.39 is 4.92 Å². The lowest BCUT2D eigenvalue weighted by atomic mass is 10.0. The fourth-order valence-corrected chi connectivity index (χ4v) is 1.82. The molecule has 0 unspecified atom stereocenters. The standard InChI is InChI=1S/C12H15N3O3/c1-8-2-3-11(15(17)18)10(4-8)12(16)14-7-9-5-13-6-9/h2-4,9,13H,5-7H2,1H3,(H,14,16). The molecule has 1 aliphatic rings. The summed E-state index contributed by atoms with van der Waals surface area (Å²) in [5, 5.41) is 16.7. The SMILES string of the molecule is Cc1ccc([N+](=O)[O-])c(C(=O)NCC2CNC2)c1. The van der Waals surface area contributed by atoms with Gasteiger partial charge in [-0.3, -0.25) is 14.9 Å². The van der Waals surface area contributed by atoms with Crippen molar-refractivity contribution in [2.45, 2.75) is 6.92 Å². The van der Waals surface area contributed by atoms with Crippen LogP contribution in [0.4, 0.5) is 5.69 Å². The Bertz CT molecular complexity index is 483. The molecule has 0 saturated carbocycles. The number of hydrogen-bond acceptors (Lipinski definition) is 4. The third kappa shape index (κ3) is 2.65. The van der Waals surface area contributed by atoms with Gasteiger partial charge in [-0.25, -0.2) is 0 Å². The van der Waals surface area contributed by atoms with Gasteiger partial charge >= 0.3 is 0 Å². The van der Waals surface area contributed by atoms with Gasteiger partial charge in [0, 0.05) is 31.6 Å². The minimum atomic E-state index is -0.529. The molecular formula is C12H15N3O3. The zero-order valence-corrected chi connectivity index (χ0v) is 10.1. The molecule has 1 aromatic carbocycles. The fourth-order valence-electron chi connectivity index (χ4n) is 1.82. The maximum Gasteiger partial charge on any atom is 0.282 e. The number of nitro groups is 1. The van der Waals surface area contributed by atoms with E-state index in [0.717, 1.165) is 18.7 Å². The number of aryl methyl sites for hydroxylation is 1. The molecular weight excluding hydrogens is 234 g/mol. The second-order valence-corrected chi connectivity index (χ2v) is 4.51. The normalized spacial score (nSPS) is 14.9. The van der Waals surface area contributed by atoms with Gasteiger partial charge in [-0.05, 0) is 18.6 Å². The van der Waals surface area contributed by atoms with Crippen LogP contribution in [0, 0.1) is 23.0 Å². The minimum Gasteiger partial charge on any atom is -0.351 e. The van der Waals surface area contributed by atoms with Crippen LogP contribution in [0.1, 0.15) is 15.9 Å². The first-order valence-electron chi connectivity index (χ1n) is 5.82. The van der Waals surface area contributed by atoms with Crippen LogP contribution < -0.4 is 10.6 Å². The molecule has 0 aliphatic carbocycles. The summed E-state index contributed by atoms with van der Waals surface area (Å²) >= 11 is 0. The lowest BCUT2D eigenvalue weighted by Crippen LogP contribution is -2.48. The highest BCUT2D eigenvalue weighted by molar-refractivity contribution is 5.98. The molecule has 6 heteroatoms. The molecule has 2 N–H and O–H groups in total. The highest BCUT2D eigenvalue weighted by atomic mass is 16.6. The van der Waals surface area contributed by atoms with E-state index in [-0.39, 0.29) is 17.2 Å². The van der Waals surface area contributed by atoms with Crippen molar-refractivity contribution >= 4 is 11.6 Å². The summed E-state index contributed by atoms with van der Waals surface area (Å²) in [6, 6.07) is 4.55. The van der Waals surface area contributed by atoms with Crippen LogP contribution in [-0.4, -0.2) is 30.5 Å². The maximum absolute atomic E-state index is 11.9. The fraction of sp³-hybridized carbons (Fsp3) is 0.417. The van der Waals surface area contributed by atoms with E-state index in [0.29, 0.717) is 12.5 Å². The highest BCUT2D eigenvalue weighted by Crippen LogP contribution is 2.19. The lowest BCUT2D eigenvalue weighted by molar-refractivity contribution is -0.385. The van der Waals surface area contributed by atoms with E-state index in [1.807, 2.05) is 0 Å². The summed E-state index contributed by atoms with van der Waals surface area (Å²) in [5.74, 6) is 0.0510. The molecule has 1 saturated heterocycles. The van der Waals surface area contributed by atoms with Crippen LogP contribution in [0.3, 0.4) is 0 Å². The molecule has 0 bridgehead atoms. The second kappa shape index (κ2) is 5.14. The lowest BCUT2D eigenvalue weighted by Gasteiger charge is -2.27. The molecule has 0 radical (unpaired) electrons. The number of nitrogens with one attached hydrogen (secondary N) is 2. The maximum atomic E-state index is 11.9. The van der Waals surface area contributed by atoms with Crippen molar-refractivity contribution in [1.29, 1.82) is 0 Å². The number of amides is 1. The number of carbonyl (C=O) groups excluding carboxylic acids is 1. The summed E-state index contributed by atoms with van der Waals surface area (Å²) in [6.07, 6.45) is 0. The number of nitrogens with zero attached hydrogens (tertiary/aromatic N) is 1. The first-order chi connectivity index (χ1) is 8.58. The number of carbonyl (C=O) groups is 1. The smallest absolute Gasteiger partial charge is 0.282 e. The Morgan fingerprint density at radius 2 is 2.28 bits per heavy atom. The van der Waals surface area contributed by atoms with E-state index in [9.17, 15) is 14.9 Å². The molecule has 1 fully saturated rings. The first-order valence-corrected chi connectivity index (χ1v) is 5.82. The second-order valence-electron chi connectivity index (χ2n) is 4.51. The number of nitro benzene ring substituents is 1. The van der Waals surface area contributed by atoms with Crippen LogP contribution in [0.2, 0.25) is 0 Å². The highest BCUT2D eigenvalue weighted by Gasteiger charge is 2.22. The summed E-state index contributed by atoms with van der Waals surface area (Å²) in [5.41, 5.74) is 0.813. The van der Waals surface area contributed by atoms with Crippen molar-refractivity contribution in [3.05, 3.63) is 39.4 Å². The quantitative estimate of drug-likeness (QED) is 0.612. The van der Waals surface area contributed by atoms with Gasteiger partial charge < -0.3 is 10.6 Å². The third-order valence-electron chi connectivity index (χ3n) is 3.01. The van der Waals surface area contributed by atoms with E-state index >= 15 is 0 Å². The molecule has 1 heterocycles. The van der Waals surface area contributed by atoms with E-state index in [1.54, 1.807) is 19.1 Å². The molecule has 18 heavy (non-hydrogen) atoms. The zero-order valence-electron chi connectivity index (χ0n) is 10.1. The summed E-state index contributed by atoms with van der Waals surface area (Å²) in [7, 11) is 0. The Morgan fingerprint density at radius 1 is 1.56 bits per heavy atom. The van der Waals surface area contributed by atoms with Crippen molar-refractivity contribution < 1.29 is 9.72 Å². The zero-order chi connectivity index (χ0) is 13.1. The van der Waals surface area contributed by atoms with Crippen molar-refractivity contribution in [2.75, 3.05) is 19.6 Å². The van der Waals surface area contributed by atoms with Gasteiger partial charge in [0.2, 0.25) is 0 Å². The molecule has 96 valence electrons. The van der Waals surface area contributed by atoms with Crippen LogP contribution in [0.25, 0.3) is 0 Å². The predicted molar refractivity (Wildman–Crippen MR) is 66.5 cm³/mol. The molecule has 2 rings (SSSR count). The summed E-state index contributed by atoms with van der Waals surface area (Å²) in [6.45, 7) is 4.12. The molecule has 6 nitrogen and oxygen atoms in total. The summed E-state index contributed by atoms with van der Waals surface area (Å²) < 4.78 is 0. The number of benzene rings is 1. The molecule has 0 atom stereocenters. The largest absolute Gasteiger partial charge is 0.351 e. The first kappa shape index (κ1) is 12.5. The van der Waals surface area contributed by atoms with Crippen molar-refractivity contribution in [1.82, 2.24) is 10.6 Å². The van der Waals surface area contributed by atoms with Gasteiger partial charge in [0.15, 0.2) is 0 Å². The molecule has 0 spiro atoms. The number of hydrogen-bond donors (Lipinski definition) is 2.